The van der Waals surface area contributed by atoms with Gasteiger partial charge in [-0.05, 0) is 12.1 Å². The molecule has 1 fully saturated rings. The number of urea groups is 1. The minimum Gasteiger partial charge on any atom is -0.349 e. The summed E-state index contributed by atoms with van der Waals surface area (Å²) in [7, 11) is 1.89. The number of benzene rings is 1. The highest BCUT2D eigenvalue weighted by atomic mass is 16.2. The zero-order chi connectivity index (χ0) is 12.0. The van der Waals surface area contributed by atoms with Crippen molar-refractivity contribution < 1.29 is 9.59 Å². The van der Waals surface area contributed by atoms with E-state index in [2.05, 4.69) is 5.32 Å². The van der Waals surface area contributed by atoms with Gasteiger partial charge in [-0.15, -0.1) is 0 Å². The van der Waals surface area contributed by atoms with E-state index in [0.29, 0.717) is 5.69 Å². The zero-order valence-electron chi connectivity index (χ0n) is 9.30. The molecule has 5 heteroatoms. The van der Waals surface area contributed by atoms with Crippen molar-refractivity contribution in [1.29, 1.82) is 0 Å². The quantitative estimate of drug-likeness (QED) is 0.748. The second-order valence-corrected chi connectivity index (χ2v) is 4.03. The fourth-order valence-electron chi connectivity index (χ4n) is 2.18. The first-order chi connectivity index (χ1) is 8.18. The lowest BCUT2D eigenvalue weighted by Crippen LogP contribution is -2.31. The van der Waals surface area contributed by atoms with Crippen LogP contribution in [0.3, 0.4) is 0 Å². The molecule has 3 rings (SSSR count). The van der Waals surface area contributed by atoms with Gasteiger partial charge in [-0.3, -0.25) is 4.79 Å². The van der Waals surface area contributed by atoms with Crippen LogP contribution in [-0.4, -0.2) is 23.1 Å². The Balaban J connectivity index is 2.26. The molecule has 1 aliphatic rings. The molecule has 1 aromatic heterocycles. The van der Waals surface area contributed by atoms with Crippen molar-refractivity contribution >= 4 is 28.5 Å². The van der Waals surface area contributed by atoms with Gasteiger partial charge in [-0.25, -0.2) is 9.69 Å². The molecule has 2 aromatic rings. The fraction of sp³-hybridized carbons (Fsp3) is 0.167. The monoisotopic (exact) mass is 229 g/mol. The molecule has 17 heavy (non-hydrogen) atoms. The van der Waals surface area contributed by atoms with Crippen molar-refractivity contribution in [2.24, 2.45) is 7.05 Å². The summed E-state index contributed by atoms with van der Waals surface area (Å²) in [5.74, 6) is -0.219. The van der Waals surface area contributed by atoms with Gasteiger partial charge in [0, 0.05) is 18.6 Å². The van der Waals surface area contributed by atoms with E-state index >= 15 is 0 Å². The maximum absolute atomic E-state index is 11.7. The largest absolute Gasteiger partial charge is 0.349 e. The van der Waals surface area contributed by atoms with Crippen LogP contribution in [0.25, 0.3) is 10.9 Å². The Hall–Kier alpha value is -2.30. The molecule has 0 atom stereocenters. The fourth-order valence-corrected chi connectivity index (χ4v) is 2.18. The van der Waals surface area contributed by atoms with E-state index in [-0.39, 0.29) is 18.5 Å². The molecule has 0 saturated carbocycles. The van der Waals surface area contributed by atoms with E-state index in [1.807, 2.05) is 36.0 Å². The molecule has 3 amide bonds. The summed E-state index contributed by atoms with van der Waals surface area (Å²) < 4.78 is 1.91. The van der Waals surface area contributed by atoms with Gasteiger partial charge >= 0.3 is 6.03 Å². The minimum atomic E-state index is -0.358. The second-order valence-electron chi connectivity index (χ2n) is 4.03. The normalized spacial score (nSPS) is 15.7. The van der Waals surface area contributed by atoms with Gasteiger partial charge in [0.15, 0.2) is 0 Å². The molecular formula is C12H11N3O2. The van der Waals surface area contributed by atoms with Gasteiger partial charge in [0.05, 0.1) is 17.7 Å². The summed E-state index contributed by atoms with van der Waals surface area (Å²) in [4.78, 5) is 24.5. The van der Waals surface area contributed by atoms with Crippen LogP contribution >= 0.6 is 0 Å². The van der Waals surface area contributed by atoms with E-state index in [9.17, 15) is 9.59 Å². The van der Waals surface area contributed by atoms with E-state index in [1.54, 1.807) is 6.07 Å². The lowest BCUT2D eigenvalue weighted by molar-refractivity contribution is -0.115. The Morgan fingerprint density at radius 3 is 2.76 bits per heavy atom. The standard InChI is InChI=1S/C12H11N3O2/c1-14-6-5-8-3-2-4-9(11(8)14)15-10(16)7-13-12(15)17/h2-6H,7H2,1H3,(H,13,17). The van der Waals surface area contributed by atoms with Crippen LogP contribution in [0.5, 0.6) is 0 Å². The van der Waals surface area contributed by atoms with Gasteiger partial charge in [-0.2, -0.15) is 0 Å². The van der Waals surface area contributed by atoms with Gasteiger partial charge < -0.3 is 9.88 Å². The van der Waals surface area contributed by atoms with Gasteiger partial charge in [0.2, 0.25) is 0 Å². The summed E-state index contributed by atoms with van der Waals surface area (Å²) in [6.45, 7) is 0.0691. The van der Waals surface area contributed by atoms with Crippen molar-refractivity contribution in [3.05, 3.63) is 30.5 Å². The highest BCUT2D eigenvalue weighted by Gasteiger charge is 2.31. The molecule has 1 saturated heterocycles. The number of hydrogen-bond acceptors (Lipinski definition) is 2. The summed E-state index contributed by atoms with van der Waals surface area (Å²) >= 11 is 0. The van der Waals surface area contributed by atoms with Crippen LogP contribution in [0.1, 0.15) is 0 Å². The van der Waals surface area contributed by atoms with Crippen LogP contribution in [0, 0.1) is 0 Å². The average molecular weight is 229 g/mol. The van der Waals surface area contributed by atoms with Crippen molar-refractivity contribution in [3.63, 3.8) is 0 Å². The molecule has 86 valence electrons. The first kappa shape index (κ1) is 9.89. The number of imide groups is 1. The zero-order valence-corrected chi connectivity index (χ0v) is 9.30. The highest BCUT2D eigenvalue weighted by molar-refractivity contribution is 6.22. The van der Waals surface area contributed by atoms with Gasteiger partial charge in [0.25, 0.3) is 5.91 Å². The Kier molecular flexibility index (Phi) is 1.95. The summed E-state index contributed by atoms with van der Waals surface area (Å²) in [5, 5.41) is 3.53. The van der Waals surface area contributed by atoms with Crippen LogP contribution in [0.2, 0.25) is 0 Å². The number of aromatic nitrogens is 1. The number of nitrogens with one attached hydrogen (secondary N) is 1. The number of aryl methyl sites for hydroxylation is 1. The Morgan fingerprint density at radius 2 is 2.06 bits per heavy atom. The molecule has 1 aromatic carbocycles. The third kappa shape index (κ3) is 1.32. The molecule has 2 heterocycles. The maximum atomic E-state index is 11.7. The van der Waals surface area contributed by atoms with Gasteiger partial charge in [0.1, 0.15) is 0 Å². The molecule has 0 radical (unpaired) electrons. The second kappa shape index (κ2) is 3.35. The van der Waals surface area contributed by atoms with E-state index in [0.717, 1.165) is 10.9 Å². The van der Waals surface area contributed by atoms with Crippen molar-refractivity contribution in [1.82, 2.24) is 9.88 Å². The Labute approximate surface area is 97.6 Å². The lowest BCUT2D eigenvalue weighted by Gasteiger charge is -2.14. The molecule has 0 aliphatic carbocycles. The molecule has 0 bridgehead atoms. The number of carbonyl (C=O) groups excluding carboxylic acids is 2. The number of nitrogens with zero attached hydrogens (tertiary/aromatic N) is 2. The summed E-state index contributed by atoms with van der Waals surface area (Å²) in [5.41, 5.74) is 1.52. The third-order valence-corrected chi connectivity index (χ3v) is 2.96. The number of para-hydroxylation sites is 1. The predicted octanol–water partition coefficient (Wildman–Crippen LogP) is 1.23. The number of fused-ring (bicyclic) bond motifs is 1. The molecule has 5 nitrogen and oxygen atoms in total. The van der Waals surface area contributed by atoms with Crippen LogP contribution in [-0.2, 0) is 11.8 Å². The Morgan fingerprint density at radius 1 is 1.24 bits per heavy atom. The number of hydrogen-bond donors (Lipinski definition) is 1. The Bertz CT molecular complexity index is 614. The topological polar surface area (TPSA) is 54.3 Å². The van der Waals surface area contributed by atoms with Gasteiger partial charge in [-0.1, -0.05) is 12.1 Å². The van der Waals surface area contributed by atoms with Crippen molar-refractivity contribution in [2.45, 2.75) is 0 Å². The van der Waals surface area contributed by atoms with Crippen LogP contribution in [0.4, 0.5) is 10.5 Å². The van der Waals surface area contributed by atoms with E-state index in [1.165, 1.54) is 4.90 Å². The van der Waals surface area contributed by atoms with Crippen LogP contribution < -0.4 is 10.2 Å². The number of anilines is 1. The summed E-state index contributed by atoms with van der Waals surface area (Å²) in [6, 6.07) is 7.18. The maximum Gasteiger partial charge on any atom is 0.329 e. The number of carbonyl (C=O) groups is 2. The first-order valence-electron chi connectivity index (χ1n) is 5.33. The number of rotatable bonds is 1. The lowest BCUT2D eigenvalue weighted by atomic mass is 10.2. The van der Waals surface area contributed by atoms with Crippen molar-refractivity contribution in [2.75, 3.05) is 11.4 Å². The van der Waals surface area contributed by atoms with E-state index in [4.69, 9.17) is 0 Å². The molecule has 1 aliphatic heterocycles. The van der Waals surface area contributed by atoms with E-state index < -0.39 is 0 Å². The minimum absolute atomic E-state index is 0.0691. The molecule has 0 spiro atoms. The third-order valence-electron chi connectivity index (χ3n) is 2.96. The molecular weight excluding hydrogens is 218 g/mol. The predicted molar refractivity (Wildman–Crippen MR) is 63.8 cm³/mol. The van der Waals surface area contributed by atoms with Crippen molar-refractivity contribution in [3.8, 4) is 0 Å². The number of amides is 3. The average Bonchev–Trinajstić information content (AvgIpc) is 2.84. The smallest absolute Gasteiger partial charge is 0.329 e. The van der Waals surface area contributed by atoms with Crippen LogP contribution in [0.15, 0.2) is 30.5 Å². The molecule has 1 N–H and O–H groups in total. The molecule has 0 unspecified atom stereocenters. The first-order valence-corrected chi connectivity index (χ1v) is 5.33. The summed E-state index contributed by atoms with van der Waals surface area (Å²) in [6.07, 6.45) is 1.91. The highest BCUT2D eigenvalue weighted by Crippen LogP contribution is 2.28. The SMILES string of the molecule is Cn1ccc2cccc(N3C(=O)CNC3=O)c21.